The Labute approximate surface area is 101 Å². The third kappa shape index (κ3) is 6.00. The number of carboxylic acid groups (broad SMARTS) is 1. The van der Waals surface area contributed by atoms with Crippen molar-refractivity contribution in [2.75, 3.05) is 12.0 Å². The number of rotatable bonds is 6. The van der Waals surface area contributed by atoms with Crippen LogP contribution in [0, 0.1) is 5.41 Å². The Bertz CT molecular complexity index is 248. The van der Waals surface area contributed by atoms with Crippen LogP contribution in [0.4, 0.5) is 0 Å². The minimum Gasteiger partial charge on any atom is -0.480 e. The second-order valence-corrected chi connectivity index (χ2v) is 5.79. The number of amides is 1. The number of hydrogen-bond donors (Lipinski definition) is 2. The molecule has 0 bridgehead atoms. The number of thioether (sulfide) groups is 1. The first-order valence-electron chi connectivity index (χ1n) is 5.30. The van der Waals surface area contributed by atoms with Gasteiger partial charge in [0, 0.05) is 6.42 Å². The molecule has 0 heterocycles. The monoisotopic (exact) mass is 247 g/mol. The van der Waals surface area contributed by atoms with E-state index in [4.69, 9.17) is 5.11 Å². The second-order valence-electron chi connectivity index (χ2n) is 4.80. The molecule has 0 rings (SSSR count). The Balaban J connectivity index is 4.21. The van der Waals surface area contributed by atoms with Crippen molar-refractivity contribution in [3.63, 3.8) is 0 Å². The van der Waals surface area contributed by atoms with E-state index in [1.54, 1.807) is 32.5 Å². The molecule has 0 aromatic rings. The Hall–Kier alpha value is -0.710. The molecule has 1 atom stereocenters. The van der Waals surface area contributed by atoms with Crippen LogP contribution in [0.2, 0.25) is 0 Å². The van der Waals surface area contributed by atoms with Crippen molar-refractivity contribution in [2.24, 2.45) is 5.41 Å². The fourth-order valence-corrected chi connectivity index (χ4v) is 1.69. The lowest BCUT2D eigenvalue weighted by molar-refractivity contribution is -0.144. The molecule has 0 radical (unpaired) electrons. The maximum atomic E-state index is 11.5. The summed E-state index contributed by atoms with van der Waals surface area (Å²) in [5.41, 5.74) is -0.471. The van der Waals surface area contributed by atoms with E-state index < -0.39 is 17.4 Å². The van der Waals surface area contributed by atoms with Gasteiger partial charge in [-0.15, -0.1) is 0 Å². The molecule has 16 heavy (non-hydrogen) atoms. The molecule has 94 valence electrons. The van der Waals surface area contributed by atoms with Crippen LogP contribution in [-0.2, 0) is 9.59 Å². The first-order chi connectivity index (χ1) is 7.29. The first kappa shape index (κ1) is 15.3. The normalized spacial score (nSPS) is 13.2. The van der Waals surface area contributed by atoms with Crippen LogP contribution < -0.4 is 5.32 Å². The highest BCUT2D eigenvalue weighted by molar-refractivity contribution is 7.98. The molecule has 1 amide bonds. The van der Waals surface area contributed by atoms with E-state index >= 15 is 0 Å². The maximum Gasteiger partial charge on any atom is 0.326 e. The van der Waals surface area contributed by atoms with Crippen LogP contribution in [0.15, 0.2) is 0 Å². The van der Waals surface area contributed by atoms with Crippen molar-refractivity contribution < 1.29 is 14.7 Å². The fraction of sp³-hybridized carbons (Fsp3) is 0.818. The van der Waals surface area contributed by atoms with Gasteiger partial charge in [0.25, 0.3) is 0 Å². The number of hydrogen-bond acceptors (Lipinski definition) is 3. The molecule has 0 fully saturated rings. The van der Waals surface area contributed by atoms with Gasteiger partial charge in [-0.3, -0.25) is 4.79 Å². The van der Waals surface area contributed by atoms with Crippen LogP contribution in [0.3, 0.4) is 0 Å². The maximum absolute atomic E-state index is 11.5. The topological polar surface area (TPSA) is 66.4 Å². The number of nitrogens with one attached hydrogen (secondary N) is 1. The Morgan fingerprint density at radius 2 is 1.94 bits per heavy atom. The largest absolute Gasteiger partial charge is 0.480 e. The number of aliphatic carboxylic acids is 1. The molecule has 2 N–H and O–H groups in total. The van der Waals surface area contributed by atoms with Gasteiger partial charge in [0.2, 0.25) is 5.91 Å². The molecule has 1 unspecified atom stereocenters. The lowest BCUT2D eigenvalue weighted by Crippen LogP contribution is -2.49. The summed E-state index contributed by atoms with van der Waals surface area (Å²) in [6, 6.07) is -0.825. The van der Waals surface area contributed by atoms with Gasteiger partial charge in [0.15, 0.2) is 0 Å². The molecule has 0 saturated heterocycles. The van der Waals surface area contributed by atoms with Crippen molar-refractivity contribution in [3.05, 3.63) is 0 Å². The van der Waals surface area contributed by atoms with E-state index in [1.165, 1.54) is 0 Å². The van der Waals surface area contributed by atoms with Gasteiger partial charge in [-0.2, -0.15) is 11.8 Å². The minimum atomic E-state index is -0.981. The van der Waals surface area contributed by atoms with Gasteiger partial charge < -0.3 is 10.4 Å². The van der Waals surface area contributed by atoms with Gasteiger partial charge in [0.1, 0.15) is 6.04 Å². The van der Waals surface area contributed by atoms with Crippen molar-refractivity contribution in [1.82, 2.24) is 5.32 Å². The summed E-state index contributed by atoms with van der Waals surface area (Å²) in [6.45, 7) is 5.40. The molecular weight excluding hydrogens is 226 g/mol. The molecule has 0 aromatic carbocycles. The van der Waals surface area contributed by atoms with Crippen molar-refractivity contribution in [2.45, 2.75) is 39.7 Å². The molecule has 0 aliphatic heterocycles. The number of carbonyl (C=O) groups excluding carboxylic acids is 1. The van der Waals surface area contributed by atoms with Crippen LogP contribution in [0.25, 0.3) is 0 Å². The fourth-order valence-electron chi connectivity index (χ4n) is 1.26. The number of carbonyl (C=O) groups is 2. The minimum absolute atomic E-state index is 0.184. The van der Waals surface area contributed by atoms with E-state index in [-0.39, 0.29) is 5.91 Å². The Morgan fingerprint density at radius 1 is 1.38 bits per heavy atom. The average Bonchev–Trinajstić information content (AvgIpc) is 2.12. The molecular formula is C11H21NO3S. The molecule has 5 heteroatoms. The Kier molecular flexibility index (Phi) is 6.48. The van der Waals surface area contributed by atoms with Crippen LogP contribution in [-0.4, -0.2) is 35.0 Å². The third-order valence-electron chi connectivity index (χ3n) is 2.17. The second kappa shape index (κ2) is 6.78. The molecule has 4 nitrogen and oxygen atoms in total. The highest BCUT2D eigenvalue weighted by Gasteiger charge is 2.32. The summed E-state index contributed by atoms with van der Waals surface area (Å²) in [7, 11) is 0. The van der Waals surface area contributed by atoms with Crippen LogP contribution in [0.5, 0.6) is 0 Å². The van der Waals surface area contributed by atoms with E-state index in [0.29, 0.717) is 6.42 Å². The van der Waals surface area contributed by atoms with Crippen LogP contribution >= 0.6 is 11.8 Å². The van der Waals surface area contributed by atoms with E-state index in [9.17, 15) is 9.59 Å². The summed E-state index contributed by atoms with van der Waals surface area (Å²) < 4.78 is 0. The average molecular weight is 247 g/mol. The van der Waals surface area contributed by atoms with Gasteiger partial charge in [-0.05, 0) is 23.8 Å². The zero-order chi connectivity index (χ0) is 12.8. The Morgan fingerprint density at radius 3 is 2.31 bits per heavy atom. The summed E-state index contributed by atoms with van der Waals surface area (Å²) in [5.74, 6) is -0.247. The molecule has 0 aliphatic rings. The first-order valence-corrected chi connectivity index (χ1v) is 6.69. The standard InChI is InChI=1S/C11H21NO3S/c1-11(2,3)9(10(14)15)12-8(13)6-5-7-16-4/h9H,5-7H2,1-4H3,(H,12,13)(H,14,15). The predicted octanol–water partition coefficient (Wildman–Crippen LogP) is 1.75. The molecule has 0 aliphatic carbocycles. The zero-order valence-corrected chi connectivity index (χ0v) is 11.2. The van der Waals surface area contributed by atoms with Gasteiger partial charge in [-0.25, -0.2) is 4.79 Å². The number of carboxylic acids is 1. The molecule has 0 spiro atoms. The van der Waals surface area contributed by atoms with Crippen LogP contribution in [0.1, 0.15) is 33.6 Å². The highest BCUT2D eigenvalue weighted by Crippen LogP contribution is 2.19. The molecule has 0 aromatic heterocycles. The van der Waals surface area contributed by atoms with Gasteiger partial charge in [0.05, 0.1) is 0 Å². The predicted molar refractivity (Wildman–Crippen MR) is 66.6 cm³/mol. The van der Waals surface area contributed by atoms with Crippen molar-refractivity contribution in [1.29, 1.82) is 0 Å². The van der Waals surface area contributed by atoms with E-state index in [0.717, 1.165) is 12.2 Å². The van der Waals surface area contributed by atoms with E-state index in [1.807, 2.05) is 6.26 Å². The SMILES string of the molecule is CSCCCC(=O)NC(C(=O)O)C(C)(C)C. The van der Waals surface area contributed by atoms with Crippen molar-refractivity contribution >= 4 is 23.6 Å². The lowest BCUT2D eigenvalue weighted by atomic mass is 9.86. The lowest BCUT2D eigenvalue weighted by Gasteiger charge is -2.27. The third-order valence-corrected chi connectivity index (χ3v) is 2.87. The summed E-state index contributed by atoms with van der Waals surface area (Å²) in [6.07, 6.45) is 3.15. The zero-order valence-electron chi connectivity index (χ0n) is 10.4. The highest BCUT2D eigenvalue weighted by atomic mass is 32.2. The molecule has 0 saturated carbocycles. The summed E-state index contributed by atoms with van der Waals surface area (Å²) >= 11 is 1.68. The van der Waals surface area contributed by atoms with E-state index in [2.05, 4.69) is 5.32 Å². The summed E-state index contributed by atoms with van der Waals surface area (Å²) in [5, 5.41) is 11.6. The van der Waals surface area contributed by atoms with Gasteiger partial charge >= 0.3 is 5.97 Å². The van der Waals surface area contributed by atoms with Crippen molar-refractivity contribution in [3.8, 4) is 0 Å². The summed E-state index contributed by atoms with van der Waals surface area (Å²) in [4.78, 5) is 22.5. The smallest absolute Gasteiger partial charge is 0.326 e. The van der Waals surface area contributed by atoms with Gasteiger partial charge in [-0.1, -0.05) is 20.8 Å². The quantitative estimate of drug-likeness (QED) is 0.702.